The zero-order chi connectivity index (χ0) is 10.6. The lowest BCUT2D eigenvalue weighted by atomic mass is 9.91. The third-order valence-electron chi connectivity index (χ3n) is 3.05. The van der Waals surface area contributed by atoms with E-state index in [0.29, 0.717) is 12.1 Å². The molecule has 1 aliphatic rings. The zero-order valence-corrected chi connectivity index (χ0v) is 9.93. The molecule has 0 aliphatic heterocycles. The van der Waals surface area contributed by atoms with Crippen LogP contribution in [-0.4, -0.2) is 30.6 Å². The number of hydrogen-bond donors (Lipinski definition) is 1. The fourth-order valence-electron chi connectivity index (χ4n) is 2.10. The lowest BCUT2D eigenvalue weighted by Crippen LogP contribution is -2.39. The summed E-state index contributed by atoms with van der Waals surface area (Å²) in [7, 11) is 2.17. The highest BCUT2D eigenvalue weighted by molar-refractivity contribution is 6.25. The summed E-state index contributed by atoms with van der Waals surface area (Å²) in [5.74, 6) is 0. The number of nitrogens with zero attached hydrogens (tertiary/aromatic N) is 1. The Labute approximate surface area is 92.1 Å². The molecule has 0 aromatic carbocycles. The zero-order valence-electron chi connectivity index (χ0n) is 9.17. The van der Waals surface area contributed by atoms with Gasteiger partial charge >= 0.3 is 0 Å². The molecule has 1 aliphatic carbocycles. The van der Waals surface area contributed by atoms with Gasteiger partial charge in [0.1, 0.15) is 0 Å². The van der Waals surface area contributed by atoms with Gasteiger partial charge in [-0.25, -0.2) is 0 Å². The van der Waals surface area contributed by atoms with Gasteiger partial charge < -0.3 is 5.73 Å². The molecular formula is C11H21ClN2. The second-order valence-corrected chi connectivity index (χ2v) is 4.66. The summed E-state index contributed by atoms with van der Waals surface area (Å²) in [6, 6.07) is 1.13. The maximum atomic E-state index is 5.87. The van der Waals surface area contributed by atoms with Gasteiger partial charge in [-0.1, -0.05) is 11.6 Å². The summed E-state index contributed by atoms with van der Waals surface area (Å²) < 4.78 is 0. The van der Waals surface area contributed by atoms with Crippen molar-refractivity contribution in [2.24, 2.45) is 5.73 Å². The molecule has 0 spiro atoms. The molecule has 0 atom stereocenters. The van der Waals surface area contributed by atoms with Crippen molar-refractivity contribution in [3.8, 4) is 0 Å². The van der Waals surface area contributed by atoms with Crippen LogP contribution in [-0.2, 0) is 0 Å². The van der Waals surface area contributed by atoms with Crippen molar-refractivity contribution in [2.45, 2.75) is 44.7 Å². The second kappa shape index (κ2) is 5.74. The molecular weight excluding hydrogens is 196 g/mol. The largest absolute Gasteiger partial charge is 0.328 e. The molecule has 0 aromatic rings. The average Bonchev–Trinajstić information content (AvgIpc) is 2.18. The lowest BCUT2D eigenvalue weighted by molar-refractivity contribution is 0.196. The molecule has 82 valence electrons. The number of rotatable bonds is 3. The van der Waals surface area contributed by atoms with Crippen molar-refractivity contribution in [3.05, 3.63) is 11.1 Å². The predicted octanol–water partition coefficient (Wildman–Crippen LogP) is 2.33. The van der Waals surface area contributed by atoms with Crippen molar-refractivity contribution >= 4 is 11.6 Å². The quantitative estimate of drug-likeness (QED) is 0.785. The molecule has 1 rings (SSSR count). The highest BCUT2D eigenvalue weighted by atomic mass is 35.5. The van der Waals surface area contributed by atoms with Crippen LogP contribution in [0.15, 0.2) is 11.1 Å². The Hall–Kier alpha value is -0.0500. The first-order chi connectivity index (χ1) is 6.63. The van der Waals surface area contributed by atoms with E-state index in [1.165, 1.54) is 31.3 Å². The van der Waals surface area contributed by atoms with E-state index in [9.17, 15) is 0 Å². The SMILES string of the molecule is CC(=CCl)CN(C)C1CCC(N)CC1. The van der Waals surface area contributed by atoms with Gasteiger partial charge in [-0.2, -0.15) is 0 Å². The minimum atomic E-state index is 0.435. The third kappa shape index (κ3) is 3.60. The molecule has 3 heteroatoms. The molecule has 1 fully saturated rings. The minimum absolute atomic E-state index is 0.435. The lowest BCUT2D eigenvalue weighted by Gasteiger charge is -2.33. The Kier molecular flexibility index (Phi) is 4.93. The molecule has 0 radical (unpaired) electrons. The molecule has 2 nitrogen and oxygen atoms in total. The van der Waals surface area contributed by atoms with Gasteiger partial charge in [0.25, 0.3) is 0 Å². The monoisotopic (exact) mass is 216 g/mol. The summed E-state index contributed by atoms with van der Waals surface area (Å²) in [6.45, 7) is 3.04. The highest BCUT2D eigenvalue weighted by Gasteiger charge is 2.21. The van der Waals surface area contributed by atoms with Gasteiger partial charge in [0, 0.05) is 24.2 Å². The molecule has 1 saturated carbocycles. The standard InChI is InChI=1S/C11H21ClN2/c1-9(7-12)8-14(2)11-5-3-10(13)4-6-11/h7,10-11H,3-6,8,13H2,1-2H3. The Morgan fingerprint density at radius 2 is 2.00 bits per heavy atom. The van der Waals surface area contributed by atoms with Crippen LogP contribution in [0.25, 0.3) is 0 Å². The number of hydrogen-bond acceptors (Lipinski definition) is 2. The van der Waals surface area contributed by atoms with Crippen molar-refractivity contribution in [3.63, 3.8) is 0 Å². The summed E-state index contributed by atoms with van der Waals surface area (Å²) in [4.78, 5) is 2.39. The molecule has 0 heterocycles. The minimum Gasteiger partial charge on any atom is -0.328 e. The van der Waals surface area contributed by atoms with Crippen LogP contribution in [0.2, 0.25) is 0 Å². The fraction of sp³-hybridized carbons (Fsp3) is 0.818. The predicted molar refractivity (Wildman–Crippen MR) is 62.5 cm³/mol. The highest BCUT2D eigenvalue weighted by Crippen LogP contribution is 2.21. The van der Waals surface area contributed by atoms with Crippen molar-refractivity contribution in [1.82, 2.24) is 4.90 Å². The van der Waals surface area contributed by atoms with Crippen LogP contribution in [0.4, 0.5) is 0 Å². The summed E-state index contributed by atoms with van der Waals surface area (Å²) >= 11 is 5.65. The third-order valence-corrected chi connectivity index (χ3v) is 3.42. The van der Waals surface area contributed by atoms with Gasteiger partial charge in [-0.3, -0.25) is 4.90 Å². The Morgan fingerprint density at radius 3 is 2.50 bits per heavy atom. The second-order valence-electron chi connectivity index (χ2n) is 4.44. The van der Waals surface area contributed by atoms with E-state index < -0.39 is 0 Å². The van der Waals surface area contributed by atoms with E-state index in [1.54, 1.807) is 5.54 Å². The van der Waals surface area contributed by atoms with E-state index in [0.717, 1.165) is 6.54 Å². The van der Waals surface area contributed by atoms with Gasteiger partial charge in [-0.05, 0) is 45.2 Å². The molecule has 0 saturated heterocycles. The topological polar surface area (TPSA) is 29.3 Å². The number of nitrogens with two attached hydrogens (primary N) is 1. The summed E-state index contributed by atoms with van der Waals surface area (Å²) in [6.07, 6.45) is 4.79. The first kappa shape index (κ1) is 12.0. The van der Waals surface area contributed by atoms with E-state index >= 15 is 0 Å². The van der Waals surface area contributed by atoms with E-state index in [2.05, 4.69) is 18.9 Å². The smallest absolute Gasteiger partial charge is 0.0201 e. The Bertz CT molecular complexity index is 195. The van der Waals surface area contributed by atoms with Crippen LogP contribution in [0.3, 0.4) is 0 Å². The van der Waals surface area contributed by atoms with Crippen LogP contribution < -0.4 is 5.73 Å². The molecule has 14 heavy (non-hydrogen) atoms. The first-order valence-electron chi connectivity index (χ1n) is 5.35. The van der Waals surface area contributed by atoms with Crippen LogP contribution >= 0.6 is 11.6 Å². The van der Waals surface area contributed by atoms with Gasteiger partial charge in [0.2, 0.25) is 0 Å². The molecule has 0 aromatic heterocycles. The van der Waals surface area contributed by atoms with E-state index in [4.69, 9.17) is 17.3 Å². The molecule has 0 bridgehead atoms. The maximum absolute atomic E-state index is 5.87. The maximum Gasteiger partial charge on any atom is 0.0201 e. The average molecular weight is 217 g/mol. The Balaban J connectivity index is 2.34. The van der Waals surface area contributed by atoms with E-state index in [-0.39, 0.29) is 0 Å². The number of likely N-dealkylation sites (N-methyl/N-ethyl adjacent to an activating group) is 1. The van der Waals surface area contributed by atoms with Gasteiger partial charge in [0.05, 0.1) is 0 Å². The molecule has 0 amide bonds. The van der Waals surface area contributed by atoms with Gasteiger partial charge in [0.15, 0.2) is 0 Å². The summed E-state index contributed by atoms with van der Waals surface area (Å²) in [5, 5.41) is 0. The fourth-order valence-corrected chi connectivity index (χ4v) is 2.17. The van der Waals surface area contributed by atoms with Crippen molar-refractivity contribution < 1.29 is 0 Å². The molecule has 0 unspecified atom stereocenters. The Morgan fingerprint density at radius 1 is 1.43 bits per heavy atom. The van der Waals surface area contributed by atoms with Crippen LogP contribution in [0, 0.1) is 0 Å². The van der Waals surface area contributed by atoms with Crippen molar-refractivity contribution in [1.29, 1.82) is 0 Å². The number of halogens is 1. The summed E-state index contributed by atoms with van der Waals surface area (Å²) in [5.41, 5.74) is 8.77. The molecule has 2 N–H and O–H groups in total. The first-order valence-corrected chi connectivity index (χ1v) is 5.78. The normalized spacial score (nSPS) is 29.6. The van der Waals surface area contributed by atoms with Crippen LogP contribution in [0.5, 0.6) is 0 Å². The van der Waals surface area contributed by atoms with Gasteiger partial charge in [-0.15, -0.1) is 0 Å². The van der Waals surface area contributed by atoms with E-state index in [1.807, 2.05) is 0 Å². The van der Waals surface area contributed by atoms with Crippen molar-refractivity contribution in [2.75, 3.05) is 13.6 Å². The van der Waals surface area contributed by atoms with Crippen LogP contribution in [0.1, 0.15) is 32.6 Å².